The van der Waals surface area contributed by atoms with Crippen LogP contribution in [0.1, 0.15) is 44.5 Å². The Labute approximate surface area is 216 Å². The molecule has 36 heavy (non-hydrogen) atoms. The molecule has 1 fully saturated rings. The molecular formula is C28H35N5O2S. The normalized spacial score (nSPS) is 18.2. The molecular weight excluding hydrogens is 470 g/mol. The van der Waals surface area contributed by atoms with Gasteiger partial charge in [0.25, 0.3) is 0 Å². The highest BCUT2D eigenvalue weighted by Crippen LogP contribution is 2.33. The summed E-state index contributed by atoms with van der Waals surface area (Å²) in [5.41, 5.74) is 2.81. The first-order valence-electron chi connectivity index (χ1n) is 13.1. The minimum Gasteiger partial charge on any atom is -0.457 e. The average Bonchev–Trinajstić information content (AvgIpc) is 3.53. The molecule has 0 bridgehead atoms. The van der Waals surface area contributed by atoms with Crippen molar-refractivity contribution < 1.29 is 9.84 Å². The van der Waals surface area contributed by atoms with E-state index >= 15 is 0 Å². The van der Waals surface area contributed by atoms with E-state index in [4.69, 9.17) is 9.72 Å². The Bertz CT molecular complexity index is 1280. The molecule has 1 aliphatic rings. The highest BCUT2D eigenvalue weighted by Gasteiger charge is 2.24. The molecule has 0 spiro atoms. The SMILES string of the molecule is CCN(CC)CCn1cc(-c2cc(Oc3ccc4nc(C[C@@H]5CCCC[C@H]5O)sc4c3)ccn2)cn1. The first-order chi connectivity index (χ1) is 17.6. The van der Waals surface area contributed by atoms with Crippen LogP contribution in [-0.2, 0) is 13.0 Å². The Balaban J connectivity index is 1.26. The lowest BCUT2D eigenvalue weighted by Crippen LogP contribution is -2.27. The number of pyridine rings is 1. The van der Waals surface area contributed by atoms with Gasteiger partial charge in [0, 0.05) is 43.1 Å². The van der Waals surface area contributed by atoms with Gasteiger partial charge in [-0.05, 0) is 50.0 Å². The fourth-order valence-corrected chi connectivity index (χ4v) is 6.01. The van der Waals surface area contributed by atoms with E-state index in [1.54, 1.807) is 17.5 Å². The van der Waals surface area contributed by atoms with Crippen LogP contribution in [-0.4, -0.2) is 55.5 Å². The molecule has 0 unspecified atom stereocenters. The zero-order valence-electron chi connectivity index (χ0n) is 21.1. The van der Waals surface area contributed by atoms with Crippen LogP contribution in [0.5, 0.6) is 11.5 Å². The van der Waals surface area contributed by atoms with Crippen molar-refractivity contribution in [2.24, 2.45) is 5.92 Å². The van der Waals surface area contributed by atoms with Crippen LogP contribution in [0.2, 0.25) is 0 Å². The van der Waals surface area contributed by atoms with Gasteiger partial charge in [-0.3, -0.25) is 9.67 Å². The monoisotopic (exact) mass is 505 g/mol. The number of rotatable bonds is 10. The van der Waals surface area contributed by atoms with Gasteiger partial charge in [0.2, 0.25) is 0 Å². The molecule has 1 aliphatic carbocycles. The van der Waals surface area contributed by atoms with Crippen LogP contribution in [0.3, 0.4) is 0 Å². The number of aliphatic hydroxyl groups excluding tert-OH is 1. The number of benzene rings is 1. The maximum absolute atomic E-state index is 10.3. The first kappa shape index (κ1) is 24.9. The number of aromatic nitrogens is 4. The standard InChI is InChI=1S/C28H35N5O2S/c1-3-32(4-2)13-14-33-19-21(18-30-33)25-16-23(11-12-29-25)35-22-9-10-24-27(17-22)36-28(31-24)15-20-7-5-6-8-26(20)34/h9-12,16-20,26,34H,3-8,13-15H2,1-2H3/t20-,26+/m0/s1. The van der Waals surface area contributed by atoms with Crippen molar-refractivity contribution in [2.75, 3.05) is 19.6 Å². The van der Waals surface area contributed by atoms with E-state index in [0.717, 1.165) is 89.8 Å². The third-order valence-corrected chi connectivity index (χ3v) is 8.19. The van der Waals surface area contributed by atoms with Crippen LogP contribution >= 0.6 is 11.3 Å². The zero-order chi connectivity index (χ0) is 24.9. The van der Waals surface area contributed by atoms with E-state index in [0.29, 0.717) is 5.92 Å². The van der Waals surface area contributed by atoms with Crippen molar-refractivity contribution in [3.8, 4) is 22.8 Å². The van der Waals surface area contributed by atoms with Gasteiger partial charge in [-0.1, -0.05) is 26.7 Å². The van der Waals surface area contributed by atoms with E-state index in [-0.39, 0.29) is 6.10 Å². The summed E-state index contributed by atoms with van der Waals surface area (Å²) in [4.78, 5) is 11.7. The highest BCUT2D eigenvalue weighted by molar-refractivity contribution is 7.18. The number of aliphatic hydroxyl groups is 1. The summed E-state index contributed by atoms with van der Waals surface area (Å²) in [5.74, 6) is 1.85. The summed E-state index contributed by atoms with van der Waals surface area (Å²) in [6, 6.07) is 9.87. The molecule has 0 amide bonds. The van der Waals surface area contributed by atoms with Crippen molar-refractivity contribution in [2.45, 2.75) is 58.6 Å². The lowest BCUT2D eigenvalue weighted by atomic mass is 9.84. The number of likely N-dealkylation sites (N-methyl/N-ethyl adjacent to an activating group) is 1. The summed E-state index contributed by atoms with van der Waals surface area (Å²) < 4.78 is 9.29. The maximum Gasteiger partial charge on any atom is 0.131 e. The Hall–Kier alpha value is -2.81. The fraction of sp³-hybridized carbons (Fsp3) is 0.464. The van der Waals surface area contributed by atoms with Crippen molar-refractivity contribution in [1.82, 2.24) is 24.6 Å². The van der Waals surface area contributed by atoms with Gasteiger partial charge >= 0.3 is 0 Å². The summed E-state index contributed by atoms with van der Waals surface area (Å²) in [5, 5.41) is 15.9. The number of hydrogen-bond acceptors (Lipinski definition) is 7. The van der Waals surface area contributed by atoms with Crippen LogP contribution < -0.4 is 4.74 Å². The highest BCUT2D eigenvalue weighted by atomic mass is 32.1. The van der Waals surface area contributed by atoms with Gasteiger partial charge in [-0.25, -0.2) is 4.98 Å². The van der Waals surface area contributed by atoms with Gasteiger partial charge in [-0.15, -0.1) is 11.3 Å². The number of hydrogen-bond donors (Lipinski definition) is 1. The van der Waals surface area contributed by atoms with Crippen molar-refractivity contribution in [3.63, 3.8) is 0 Å². The second kappa shape index (κ2) is 11.5. The molecule has 0 aliphatic heterocycles. The van der Waals surface area contributed by atoms with Gasteiger partial charge < -0.3 is 14.7 Å². The van der Waals surface area contributed by atoms with Gasteiger partial charge in [0.1, 0.15) is 11.5 Å². The molecule has 190 valence electrons. The summed E-state index contributed by atoms with van der Waals surface area (Å²) in [6.07, 6.45) is 10.7. The van der Waals surface area contributed by atoms with Gasteiger partial charge in [-0.2, -0.15) is 5.10 Å². The molecule has 1 saturated carbocycles. The third kappa shape index (κ3) is 5.94. The Morgan fingerprint density at radius 3 is 2.78 bits per heavy atom. The fourth-order valence-electron chi connectivity index (χ4n) is 4.92. The number of fused-ring (bicyclic) bond motifs is 1. The molecule has 1 N–H and O–H groups in total. The van der Waals surface area contributed by atoms with Crippen LogP contribution in [0.4, 0.5) is 0 Å². The molecule has 3 aromatic heterocycles. The summed E-state index contributed by atoms with van der Waals surface area (Å²) in [6.45, 7) is 8.29. The Morgan fingerprint density at radius 1 is 1.11 bits per heavy atom. The smallest absolute Gasteiger partial charge is 0.131 e. The average molecular weight is 506 g/mol. The van der Waals surface area contributed by atoms with Crippen molar-refractivity contribution >= 4 is 21.6 Å². The van der Waals surface area contributed by atoms with E-state index in [1.165, 1.54) is 6.42 Å². The van der Waals surface area contributed by atoms with Crippen LogP contribution in [0, 0.1) is 5.92 Å². The predicted molar refractivity (Wildman–Crippen MR) is 145 cm³/mol. The third-order valence-electron chi connectivity index (χ3n) is 7.15. The van der Waals surface area contributed by atoms with Crippen molar-refractivity contribution in [3.05, 3.63) is 53.9 Å². The second-order valence-corrected chi connectivity index (χ2v) is 10.7. The molecule has 3 heterocycles. The zero-order valence-corrected chi connectivity index (χ0v) is 22.0. The Morgan fingerprint density at radius 2 is 1.94 bits per heavy atom. The topological polar surface area (TPSA) is 76.3 Å². The molecule has 4 aromatic rings. The molecule has 0 radical (unpaired) electrons. The van der Waals surface area contributed by atoms with E-state index in [1.807, 2.05) is 41.3 Å². The molecule has 7 nitrogen and oxygen atoms in total. The number of nitrogens with zero attached hydrogens (tertiary/aromatic N) is 5. The van der Waals surface area contributed by atoms with E-state index in [9.17, 15) is 5.11 Å². The lowest BCUT2D eigenvalue weighted by molar-refractivity contribution is 0.0700. The molecule has 5 rings (SSSR count). The summed E-state index contributed by atoms with van der Waals surface area (Å²) in [7, 11) is 0. The summed E-state index contributed by atoms with van der Waals surface area (Å²) >= 11 is 1.70. The van der Waals surface area contributed by atoms with E-state index in [2.05, 4.69) is 34.9 Å². The van der Waals surface area contributed by atoms with Gasteiger partial charge in [0.05, 0.1) is 39.8 Å². The van der Waals surface area contributed by atoms with Gasteiger partial charge in [0.15, 0.2) is 0 Å². The quantitative estimate of drug-likeness (QED) is 0.294. The molecule has 8 heteroatoms. The molecule has 1 aromatic carbocycles. The van der Waals surface area contributed by atoms with E-state index < -0.39 is 0 Å². The first-order valence-corrected chi connectivity index (χ1v) is 13.9. The minimum atomic E-state index is -0.194. The Kier molecular flexibility index (Phi) is 7.94. The predicted octanol–water partition coefficient (Wildman–Crippen LogP) is 5.78. The second-order valence-electron chi connectivity index (χ2n) is 9.55. The molecule has 2 atom stereocenters. The number of thiazole rings is 1. The largest absolute Gasteiger partial charge is 0.457 e. The maximum atomic E-state index is 10.3. The lowest BCUT2D eigenvalue weighted by Gasteiger charge is -2.26. The number of ether oxygens (including phenoxy) is 1. The van der Waals surface area contributed by atoms with Crippen molar-refractivity contribution in [1.29, 1.82) is 0 Å². The molecule has 0 saturated heterocycles. The minimum absolute atomic E-state index is 0.194. The van der Waals surface area contributed by atoms with Crippen LogP contribution in [0.15, 0.2) is 48.9 Å². The van der Waals surface area contributed by atoms with Crippen LogP contribution in [0.25, 0.3) is 21.5 Å².